The Kier molecular flexibility index (Phi) is 6.62. The van der Waals surface area contributed by atoms with Crippen molar-refractivity contribution in [1.82, 2.24) is 5.32 Å². The molecule has 1 aliphatic carbocycles. The molecule has 0 bridgehead atoms. The normalized spacial score (nSPS) is 14.5. The first-order valence-electron chi connectivity index (χ1n) is 9.85. The van der Waals surface area contributed by atoms with Gasteiger partial charge in [0.25, 0.3) is 0 Å². The summed E-state index contributed by atoms with van der Waals surface area (Å²) >= 11 is 9.32. The van der Waals surface area contributed by atoms with E-state index in [0.29, 0.717) is 15.1 Å². The van der Waals surface area contributed by atoms with E-state index in [9.17, 15) is 15.0 Å². The molecule has 0 aromatic heterocycles. The second-order valence-electron chi connectivity index (χ2n) is 7.39. The fourth-order valence-corrected chi connectivity index (χ4v) is 4.30. The topological polar surface area (TPSA) is 78.8 Å². The summed E-state index contributed by atoms with van der Waals surface area (Å²) in [5.41, 5.74) is 5.01. The summed E-state index contributed by atoms with van der Waals surface area (Å²) in [6, 6.07) is 21.1. The van der Waals surface area contributed by atoms with E-state index in [0.717, 1.165) is 22.3 Å². The third-order valence-corrected chi connectivity index (χ3v) is 6.68. The first-order valence-corrected chi connectivity index (χ1v) is 11.0. The number of benzene rings is 3. The molecule has 0 saturated carbocycles. The van der Waals surface area contributed by atoms with E-state index in [2.05, 4.69) is 33.4 Å². The molecular weight excluding hydrogens is 482 g/mol. The van der Waals surface area contributed by atoms with Crippen LogP contribution in [0.5, 0.6) is 0 Å². The Morgan fingerprint density at radius 3 is 2.26 bits per heavy atom. The third kappa shape index (κ3) is 4.62. The van der Waals surface area contributed by atoms with E-state index in [1.165, 1.54) is 0 Å². The van der Waals surface area contributed by atoms with Gasteiger partial charge in [-0.15, -0.1) is 0 Å². The summed E-state index contributed by atoms with van der Waals surface area (Å²) in [7, 11) is 0. The zero-order chi connectivity index (χ0) is 22.0. The van der Waals surface area contributed by atoms with Gasteiger partial charge in [0.1, 0.15) is 18.8 Å². The monoisotopic (exact) mass is 501 g/mol. The molecule has 3 N–H and O–H groups in total. The number of ether oxygens (including phenoxy) is 1. The number of carbonyl (C=O) groups excluding carboxylic acids is 1. The quantitative estimate of drug-likeness (QED) is 0.441. The number of halogens is 2. The molecule has 3 aromatic rings. The Balaban J connectivity index is 1.34. The number of nitrogens with one attached hydrogen (secondary N) is 1. The van der Waals surface area contributed by atoms with Gasteiger partial charge < -0.3 is 20.3 Å². The molecule has 1 amide bonds. The molecule has 0 aliphatic heterocycles. The summed E-state index contributed by atoms with van der Waals surface area (Å²) in [6.45, 7) is 0.0202. The lowest BCUT2D eigenvalue weighted by Gasteiger charge is -2.19. The van der Waals surface area contributed by atoms with E-state index >= 15 is 0 Å². The molecule has 0 fully saturated rings. The lowest BCUT2D eigenvalue weighted by Crippen LogP contribution is -2.36. The van der Waals surface area contributed by atoms with Crippen molar-refractivity contribution in [3.63, 3.8) is 0 Å². The van der Waals surface area contributed by atoms with E-state index in [1.807, 2.05) is 36.4 Å². The van der Waals surface area contributed by atoms with Crippen LogP contribution in [0.1, 0.15) is 28.7 Å². The summed E-state index contributed by atoms with van der Waals surface area (Å²) in [4.78, 5) is 12.2. The molecular formula is C24H21BrClNO4. The zero-order valence-electron chi connectivity index (χ0n) is 16.5. The smallest absolute Gasteiger partial charge is 0.407 e. The van der Waals surface area contributed by atoms with Crippen LogP contribution in [0.3, 0.4) is 0 Å². The largest absolute Gasteiger partial charge is 0.449 e. The Morgan fingerprint density at radius 2 is 1.65 bits per heavy atom. The van der Waals surface area contributed by atoms with E-state index < -0.39 is 18.3 Å². The molecule has 4 rings (SSSR count). The van der Waals surface area contributed by atoms with Crippen LogP contribution in [0.4, 0.5) is 4.79 Å². The van der Waals surface area contributed by atoms with Crippen LogP contribution >= 0.6 is 27.5 Å². The van der Waals surface area contributed by atoms with Crippen LogP contribution in [0.2, 0.25) is 5.02 Å². The minimum atomic E-state index is -1.21. The van der Waals surface area contributed by atoms with Crippen LogP contribution in [0.15, 0.2) is 71.2 Å². The van der Waals surface area contributed by atoms with Gasteiger partial charge in [0.2, 0.25) is 0 Å². The lowest BCUT2D eigenvalue weighted by atomic mass is 9.98. The summed E-state index contributed by atoms with van der Waals surface area (Å²) < 4.78 is 6.13. The Labute approximate surface area is 193 Å². The molecule has 0 spiro atoms. The molecule has 1 aliphatic rings. The zero-order valence-corrected chi connectivity index (χ0v) is 18.8. The van der Waals surface area contributed by atoms with Crippen LogP contribution in [-0.4, -0.2) is 35.6 Å². The second-order valence-corrected chi connectivity index (χ2v) is 8.65. The highest BCUT2D eigenvalue weighted by molar-refractivity contribution is 9.10. The van der Waals surface area contributed by atoms with E-state index in [1.54, 1.807) is 18.2 Å². The molecule has 2 unspecified atom stereocenters. The Bertz CT molecular complexity index is 1060. The van der Waals surface area contributed by atoms with Gasteiger partial charge in [-0.05, 0) is 55.9 Å². The van der Waals surface area contributed by atoms with Crippen LogP contribution in [0, 0.1) is 0 Å². The van der Waals surface area contributed by atoms with Crippen LogP contribution in [0.25, 0.3) is 11.1 Å². The van der Waals surface area contributed by atoms with E-state index in [-0.39, 0.29) is 19.1 Å². The van der Waals surface area contributed by atoms with Crippen molar-refractivity contribution in [2.24, 2.45) is 0 Å². The number of aliphatic hydroxyl groups excluding tert-OH is 2. The highest BCUT2D eigenvalue weighted by atomic mass is 79.9. The molecule has 2 atom stereocenters. The van der Waals surface area contributed by atoms with Crippen molar-refractivity contribution in [2.75, 3.05) is 13.2 Å². The number of amides is 1. The molecule has 0 radical (unpaired) electrons. The standard InChI is InChI=1S/C24H21BrClNO4/c25-20-10-9-14(11-21(20)26)23(29)22(28)12-27-24(30)31-13-19-17-7-3-1-5-15(17)16-6-2-4-8-18(16)19/h1-11,19,22-23,28-29H,12-13H2,(H,27,30). The fraction of sp³-hybridized carbons (Fsp3) is 0.208. The van der Waals surface area contributed by atoms with Gasteiger partial charge in [-0.25, -0.2) is 4.79 Å². The number of hydrogen-bond acceptors (Lipinski definition) is 4. The van der Waals surface area contributed by atoms with Crippen LogP contribution in [-0.2, 0) is 4.74 Å². The average molecular weight is 503 g/mol. The lowest BCUT2D eigenvalue weighted by molar-refractivity contribution is 0.0185. The predicted molar refractivity (Wildman–Crippen MR) is 123 cm³/mol. The SMILES string of the molecule is O=C(NCC(O)C(O)c1ccc(Br)c(Cl)c1)OCC1c2ccccc2-c2ccccc21. The maximum Gasteiger partial charge on any atom is 0.407 e. The first-order chi connectivity index (χ1) is 15.0. The predicted octanol–water partition coefficient (Wildman–Crippen LogP) is 5.04. The van der Waals surface area contributed by atoms with Crippen molar-refractivity contribution in [1.29, 1.82) is 0 Å². The van der Waals surface area contributed by atoms with Gasteiger partial charge in [0.05, 0.1) is 5.02 Å². The first kappa shape index (κ1) is 21.8. The molecule has 3 aromatic carbocycles. The second kappa shape index (κ2) is 9.40. The van der Waals surface area contributed by atoms with Gasteiger partial charge in [0, 0.05) is 16.9 Å². The minimum absolute atomic E-state index is 0.0430. The number of alkyl carbamates (subject to hydrolysis) is 1. The van der Waals surface area contributed by atoms with Gasteiger partial charge >= 0.3 is 6.09 Å². The summed E-state index contributed by atoms with van der Waals surface area (Å²) in [5, 5.41) is 23.5. The van der Waals surface area contributed by atoms with Crippen molar-refractivity contribution < 1.29 is 19.7 Å². The highest BCUT2D eigenvalue weighted by Crippen LogP contribution is 2.44. The molecule has 0 saturated heterocycles. The van der Waals surface area contributed by atoms with Crippen molar-refractivity contribution >= 4 is 33.6 Å². The molecule has 160 valence electrons. The maximum atomic E-state index is 12.2. The molecule has 5 nitrogen and oxygen atoms in total. The number of hydrogen-bond donors (Lipinski definition) is 3. The average Bonchev–Trinajstić information content (AvgIpc) is 3.11. The van der Waals surface area contributed by atoms with Gasteiger partial charge in [-0.3, -0.25) is 0 Å². The maximum absolute atomic E-state index is 12.2. The summed E-state index contributed by atoms with van der Waals surface area (Å²) in [5.74, 6) is -0.0430. The Morgan fingerprint density at radius 1 is 1.03 bits per heavy atom. The van der Waals surface area contributed by atoms with Gasteiger partial charge in [-0.2, -0.15) is 0 Å². The van der Waals surface area contributed by atoms with Gasteiger partial charge in [-0.1, -0.05) is 66.2 Å². The van der Waals surface area contributed by atoms with Crippen molar-refractivity contribution in [2.45, 2.75) is 18.1 Å². The number of rotatable bonds is 6. The number of aliphatic hydroxyl groups is 2. The van der Waals surface area contributed by atoms with Gasteiger partial charge in [0.15, 0.2) is 0 Å². The fourth-order valence-electron chi connectivity index (χ4n) is 3.87. The van der Waals surface area contributed by atoms with Crippen molar-refractivity contribution in [3.8, 4) is 11.1 Å². The minimum Gasteiger partial charge on any atom is -0.449 e. The third-order valence-electron chi connectivity index (χ3n) is 5.45. The van der Waals surface area contributed by atoms with E-state index in [4.69, 9.17) is 16.3 Å². The Hall–Kier alpha value is -2.38. The molecule has 7 heteroatoms. The number of carbonyl (C=O) groups is 1. The molecule has 31 heavy (non-hydrogen) atoms. The summed E-state index contributed by atoms with van der Waals surface area (Å²) in [6.07, 6.45) is -3.06. The highest BCUT2D eigenvalue weighted by Gasteiger charge is 2.29. The van der Waals surface area contributed by atoms with Crippen molar-refractivity contribution in [3.05, 3.63) is 92.9 Å². The number of fused-ring (bicyclic) bond motifs is 3. The molecule has 0 heterocycles. The van der Waals surface area contributed by atoms with Crippen LogP contribution < -0.4 is 5.32 Å².